The zero-order valence-corrected chi connectivity index (χ0v) is 23.7. The molecule has 2 heterocycles. The first-order chi connectivity index (χ1) is 19.7. The van der Waals surface area contributed by atoms with Crippen LogP contribution in [-0.2, 0) is 9.48 Å². The molecular weight excluding hydrogens is 549 g/mol. The summed E-state index contributed by atoms with van der Waals surface area (Å²) in [5, 5.41) is 14.3. The number of hydrogen-bond donors (Lipinski definition) is 5. The molecule has 2 aromatic carbocycles. The molecule has 0 unspecified atom stereocenters. The Kier molecular flexibility index (Phi) is 8.76. The Morgan fingerprint density at radius 2 is 1.88 bits per heavy atom. The van der Waals surface area contributed by atoms with Crippen molar-refractivity contribution in [2.45, 2.75) is 48.3 Å². The number of urea groups is 1. The maximum atomic E-state index is 13.7. The number of halogens is 1. The van der Waals surface area contributed by atoms with Gasteiger partial charge in [0.25, 0.3) is 0 Å². The highest BCUT2D eigenvalue weighted by Gasteiger charge is 2.52. The van der Waals surface area contributed by atoms with Gasteiger partial charge in [0, 0.05) is 37.0 Å². The largest absolute Gasteiger partial charge is 0.396 e. The second kappa shape index (κ2) is 12.3. The van der Waals surface area contributed by atoms with Crippen LogP contribution in [0.1, 0.15) is 38.3 Å². The number of aliphatic hydroxyl groups excluding tert-OH is 1. The first kappa shape index (κ1) is 29.2. The van der Waals surface area contributed by atoms with Crippen LogP contribution in [0.25, 0.3) is 11.4 Å². The average Bonchev–Trinajstić information content (AvgIpc) is 2.93. The minimum Gasteiger partial charge on any atom is -0.396 e. The highest BCUT2D eigenvalue weighted by atomic mass is 32.3. The van der Waals surface area contributed by atoms with Crippen LogP contribution in [0, 0.1) is 5.82 Å². The number of hydrogen-bond acceptors (Lipinski definition) is 8. The lowest BCUT2D eigenvalue weighted by Crippen LogP contribution is -2.45. The number of rotatable bonds is 9. The molecule has 1 saturated carbocycles. The van der Waals surface area contributed by atoms with Gasteiger partial charge in [-0.3, -0.25) is 9.11 Å². The van der Waals surface area contributed by atoms with E-state index in [1.807, 2.05) is 6.07 Å². The topological polar surface area (TPSA) is 140 Å². The first-order valence-corrected chi connectivity index (χ1v) is 15.3. The van der Waals surface area contributed by atoms with E-state index in [1.165, 1.54) is 24.3 Å². The minimum absolute atomic E-state index is 0.000376. The van der Waals surface area contributed by atoms with Crippen LogP contribution in [0.5, 0.6) is 0 Å². The molecule has 0 spiro atoms. The van der Waals surface area contributed by atoms with Crippen LogP contribution in [0.3, 0.4) is 0 Å². The normalized spacial score (nSPS) is 18.9. The van der Waals surface area contributed by atoms with Crippen molar-refractivity contribution in [3.8, 4) is 11.4 Å². The van der Waals surface area contributed by atoms with Gasteiger partial charge < -0.3 is 25.4 Å². The second-order valence-electron chi connectivity index (χ2n) is 10.4. The summed E-state index contributed by atoms with van der Waals surface area (Å²) in [6.45, 7) is 4.15. The third kappa shape index (κ3) is 6.02. The molecule has 10 nitrogen and oxygen atoms in total. The molecule has 3 aromatic rings. The molecule has 0 radical (unpaired) electrons. The summed E-state index contributed by atoms with van der Waals surface area (Å²) < 4.78 is 41.6. The smallest absolute Gasteiger partial charge is 0.319 e. The fourth-order valence-corrected chi connectivity index (χ4v) is 7.43. The summed E-state index contributed by atoms with van der Waals surface area (Å²) in [6.07, 6.45) is 2.32. The Balaban J connectivity index is 1.51. The molecule has 2 amide bonds. The van der Waals surface area contributed by atoms with Crippen molar-refractivity contribution < 1.29 is 28.1 Å². The highest BCUT2D eigenvalue weighted by molar-refractivity contribution is 8.25. The van der Waals surface area contributed by atoms with Gasteiger partial charge in [0.15, 0.2) is 5.82 Å². The zero-order valence-electron chi connectivity index (χ0n) is 22.9. The fourth-order valence-electron chi connectivity index (χ4n) is 5.20. The number of ether oxygens (including phenoxy) is 1. The molecule has 1 aromatic heterocycles. The fraction of sp³-hybridized carbons (Fsp3) is 0.414. The quantitative estimate of drug-likeness (QED) is 0.216. The number of nitrogens with one attached hydrogen (secondary N) is 2. The highest BCUT2D eigenvalue weighted by Crippen LogP contribution is 2.71. The van der Waals surface area contributed by atoms with E-state index in [0.717, 1.165) is 6.42 Å². The summed E-state index contributed by atoms with van der Waals surface area (Å²) in [5.41, 5.74) is 1.82. The average molecular weight is 586 g/mol. The predicted molar refractivity (Wildman–Crippen MR) is 157 cm³/mol. The molecule has 2 fully saturated rings. The minimum atomic E-state index is -3.39. The number of carbonyl (C=O) groups is 1. The SMILES string of the molecule is C[C@H]1COCCN1c1cc(C2(S(O)(O)c3ccc(F)cc3)CCC2)nc(-c2ccc(NC(=O)NCCCO)cc2)n1. The maximum Gasteiger partial charge on any atom is 0.319 e. The molecule has 1 saturated heterocycles. The number of aliphatic hydroxyl groups is 1. The van der Waals surface area contributed by atoms with E-state index in [4.69, 9.17) is 19.8 Å². The third-order valence-corrected chi connectivity index (χ3v) is 10.3. The lowest BCUT2D eigenvalue weighted by molar-refractivity contribution is 0.0985. The van der Waals surface area contributed by atoms with E-state index in [9.17, 15) is 18.3 Å². The number of benzene rings is 2. The summed E-state index contributed by atoms with van der Waals surface area (Å²) in [6, 6.07) is 14.0. The molecule has 2 aliphatic rings. The number of carbonyl (C=O) groups excluding carboxylic acids is 1. The van der Waals surface area contributed by atoms with Crippen LogP contribution in [-0.4, -0.2) is 69.2 Å². The monoisotopic (exact) mass is 585 g/mol. The molecule has 0 bridgehead atoms. The molecule has 5 rings (SSSR count). The zero-order chi connectivity index (χ0) is 29.0. The van der Waals surface area contributed by atoms with E-state index >= 15 is 0 Å². The Labute approximate surface area is 240 Å². The number of anilines is 2. The molecular formula is C29H36FN5O5S. The van der Waals surface area contributed by atoms with Gasteiger partial charge in [-0.25, -0.2) is 19.2 Å². The number of morpholine rings is 1. The van der Waals surface area contributed by atoms with Crippen molar-refractivity contribution in [1.29, 1.82) is 0 Å². The summed E-state index contributed by atoms with van der Waals surface area (Å²) in [4.78, 5) is 24.3. The molecule has 1 aliphatic carbocycles. The Morgan fingerprint density at radius 1 is 1.15 bits per heavy atom. The van der Waals surface area contributed by atoms with Gasteiger partial charge in [0.05, 0.1) is 29.8 Å². The van der Waals surface area contributed by atoms with Gasteiger partial charge in [0.1, 0.15) is 16.4 Å². The van der Waals surface area contributed by atoms with Crippen LogP contribution in [0.2, 0.25) is 0 Å². The summed E-state index contributed by atoms with van der Waals surface area (Å²) in [5.74, 6) is 0.655. The Morgan fingerprint density at radius 3 is 2.51 bits per heavy atom. The number of amides is 2. The van der Waals surface area contributed by atoms with Crippen LogP contribution >= 0.6 is 10.6 Å². The van der Waals surface area contributed by atoms with Gasteiger partial charge in [-0.2, -0.15) is 10.6 Å². The third-order valence-electron chi connectivity index (χ3n) is 7.71. The van der Waals surface area contributed by atoms with Crippen molar-refractivity contribution in [2.24, 2.45) is 0 Å². The van der Waals surface area contributed by atoms with Gasteiger partial charge in [-0.05, 0) is 81.1 Å². The van der Waals surface area contributed by atoms with Gasteiger partial charge in [-0.15, -0.1) is 0 Å². The Bertz CT molecular complexity index is 1350. The lowest BCUT2D eigenvalue weighted by Gasteiger charge is -2.55. The van der Waals surface area contributed by atoms with Crippen LogP contribution in [0.4, 0.5) is 20.7 Å². The van der Waals surface area contributed by atoms with E-state index in [1.54, 1.807) is 24.3 Å². The van der Waals surface area contributed by atoms with Crippen molar-refractivity contribution in [1.82, 2.24) is 15.3 Å². The standard InChI is InChI=1S/C29H36FN5O5S/c1-20-19-40-17-15-35(20)26-18-25(29(12-2-13-29)41(38,39)24-10-6-22(30)7-11-24)33-27(34-26)21-4-8-23(9-5-21)32-28(37)31-14-3-16-36/h4-11,18,20,36,38-39H,2-3,12-17,19H2,1H3,(H2,31,32,37)/t20-/m0/s1. The molecule has 12 heteroatoms. The van der Waals surface area contributed by atoms with Crippen LogP contribution in [0.15, 0.2) is 59.5 Å². The number of nitrogens with zero attached hydrogens (tertiary/aromatic N) is 3. The lowest BCUT2D eigenvalue weighted by atomic mass is 9.81. The van der Waals surface area contributed by atoms with Gasteiger partial charge >= 0.3 is 6.03 Å². The van der Waals surface area contributed by atoms with Crippen molar-refractivity contribution in [2.75, 3.05) is 43.1 Å². The first-order valence-electron chi connectivity index (χ1n) is 13.8. The van der Waals surface area contributed by atoms with E-state index in [0.29, 0.717) is 74.2 Å². The molecule has 220 valence electrons. The van der Waals surface area contributed by atoms with Crippen molar-refractivity contribution in [3.05, 3.63) is 66.1 Å². The molecule has 1 aliphatic heterocycles. The van der Waals surface area contributed by atoms with Crippen molar-refractivity contribution in [3.63, 3.8) is 0 Å². The molecule has 5 N–H and O–H groups in total. The summed E-state index contributed by atoms with van der Waals surface area (Å²) >= 11 is 0. The second-order valence-corrected chi connectivity index (χ2v) is 12.8. The van der Waals surface area contributed by atoms with Gasteiger partial charge in [-0.1, -0.05) is 0 Å². The Hall–Kier alpha value is -3.29. The van der Waals surface area contributed by atoms with Crippen LogP contribution < -0.4 is 15.5 Å². The number of aromatic nitrogens is 2. The van der Waals surface area contributed by atoms with Gasteiger partial charge in [0.2, 0.25) is 0 Å². The summed E-state index contributed by atoms with van der Waals surface area (Å²) in [7, 11) is -3.39. The van der Waals surface area contributed by atoms with E-state index < -0.39 is 21.2 Å². The van der Waals surface area contributed by atoms with E-state index in [2.05, 4.69) is 22.5 Å². The predicted octanol–water partition coefficient (Wildman–Crippen LogP) is 5.20. The van der Waals surface area contributed by atoms with E-state index in [-0.39, 0.29) is 23.6 Å². The molecule has 1 atom stereocenters. The maximum absolute atomic E-state index is 13.7. The van der Waals surface area contributed by atoms with Crippen molar-refractivity contribution >= 4 is 28.1 Å². The molecule has 41 heavy (non-hydrogen) atoms.